The molecule has 0 N–H and O–H groups in total. The van der Waals surface area contributed by atoms with E-state index in [1.807, 2.05) is 6.55 Å². The van der Waals surface area contributed by atoms with Crippen LogP contribution < -0.4 is 0 Å². The van der Waals surface area contributed by atoms with Gasteiger partial charge in [0.2, 0.25) is 0 Å². The second-order valence-corrected chi connectivity index (χ2v) is 19.1. The van der Waals surface area contributed by atoms with Crippen molar-refractivity contribution in [2.45, 2.75) is 51.9 Å². The molecule has 6 heteroatoms. The summed E-state index contributed by atoms with van der Waals surface area (Å²) in [6.07, 6.45) is 1.37. The van der Waals surface area contributed by atoms with Crippen molar-refractivity contribution in [3.8, 4) is 0 Å². The van der Waals surface area contributed by atoms with E-state index in [1.54, 1.807) is 0 Å². The molecular weight excluding hydrogens is 264 g/mol. The second kappa shape index (κ2) is 5.75. The zero-order valence-corrected chi connectivity index (χ0v) is 15.2. The maximum Gasteiger partial charge on any atom is 0.322 e. The quantitative estimate of drug-likeness (QED) is 0.531. The summed E-state index contributed by atoms with van der Waals surface area (Å²) in [5.41, 5.74) is 0. The highest BCUT2D eigenvalue weighted by atomic mass is 28.5. The smallest absolute Gasteiger partial charge is 0.322 e. The summed E-state index contributed by atoms with van der Waals surface area (Å²) >= 11 is 0. The topological polar surface area (TPSA) is 35.5 Å². The van der Waals surface area contributed by atoms with Crippen LogP contribution in [-0.4, -0.2) is 31.0 Å². The summed E-state index contributed by atoms with van der Waals surface area (Å²) in [6.45, 7) is 18.3. The van der Waals surface area contributed by atoms with Gasteiger partial charge in [-0.15, -0.1) is 0 Å². The molecule has 0 aliphatic rings. The lowest BCUT2D eigenvalue weighted by Crippen LogP contribution is -2.53. The van der Waals surface area contributed by atoms with Crippen LogP contribution in [0.2, 0.25) is 51.9 Å². The number of carbonyl (C=O) groups is 1. The van der Waals surface area contributed by atoms with Crippen LogP contribution >= 0.6 is 0 Å². The highest BCUT2D eigenvalue weighted by Crippen LogP contribution is 2.24. The average Bonchev–Trinajstić information content (AvgIpc) is 1.94. The highest BCUT2D eigenvalue weighted by Gasteiger charge is 2.41. The SMILES string of the molecule is C=CC(=O)C[Si](C)(O[Si](C)(C)C)O[Si](C)(C)C. The third kappa shape index (κ3) is 8.67. The van der Waals surface area contributed by atoms with Gasteiger partial charge in [0.25, 0.3) is 0 Å². The largest absolute Gasteiger partial charge is 0.436 e. The first-order valence-corrected chi connectivity index (χ1v) is 15.3. The zero-order valence-electron chi connectivity index (χ0n) is 12.2. The number of rotatable bonds is 7. The monoisotopic (exact) mass is 290 g/mol. The molecule has 100 valence electrons. The standard InChI is InChI=1S/C11H26O3Si3/c1-9-11(12)10-17(8,13-15(2,3)4)14-16(5,6)7/h9H,1,10H2,2-8H3. The first kappa shape index (κ1) is 17.0. The number of hydrogen-bond acceptors (Lipinski definition) is 3. The molecule has 0 unspecified atom stereocenters. The van der Waals surface area contributed by atoms with Gasteiger partial charge in [-0.1, -0.05) is 6.58 Å². The van der Waals surface area contributed by atoms with Crippen molar-refractivity contribution < 1.29 is 13.0 Å². The van der Waals surface area contributed by atoms with Crippen LogP contribution in [0.25, 0.3) is 0 Å². The van der Waals surface area contributed by atoms with E-state index in [4.69, 9.17) is 8.23 Å². The van der Waals surface area contributed by atoms with Crippen molar-refractivity contribution in [3.05, 3.63) is 12.7 Å². The van der Waals surface area contributed by atoms with Crippen molar-refractivity contribution in [2.24, 2.45) is 0 Å². The Morgan fingerprint density at radius 2 is 1.35 bits per heavy atom. The molecule has 0 atom stereocenters. The van der Waals surface area contributed by atoms with Gasteiger partial charge in [0.05, 0.1) is 6.04 Å². The Balaban J connectivity index is 4.93. The van der Waals surface area contributed by atoms with E-state index >= 15 is 0 Å². The Kier molecular flexibility index (Phi) is 5.74. The summed E-state index contributed by atoms with van der Waals surface area (Å²) in [4.78, 5) is 11.6. The molecule has 3 nitrogen and oxygen atoms in total. The fourth-order valence-electron chi connectivity index (χ4n) is 1.78. The van der Waals surface area contributed by atoms with Crippen LogP contribution in [0, 0.1) is 0 Å². The average molecular weight is 291 g/mol. The first-order chi connectivity index (χ1) is 7.37. The molecule has 0 aromatic rings. The van der Waals surface area contributed by atoms with E-state index in [9.17, 15) is 4.79 Å². The molecule has 0 aliphatic heterocycles. The Bertz CT molecular complexity index is 273. The van der Waals surface area contributed by atoms with Crippen molar-refractivity contribution in [2.75, 3.05) is 0 Å². The van der Waals surface area contributed by atoms with Crippen molar-refractivity contribution >= 4 is 31.0 Å². The summed E-state index contributed by atoms with van der Waals surface area (Å²) in [5.74, 6) is 0.0238. The maximum atomic E-state index is 11.6. The third-order valence-electron chi connectivity index (χ3n) is 1.77. The molecule has 0 fully saturated rings. The van der Waals surface area contributed by atoms with E-state index in [2.05, 4.69) is 45.9 Å². The minimum absolute atomic E-state index is 0.0238. The number of allylic oxidation sites excluding steroid dienone is 1. The summed E-state index contributed by atoms with van der Waals surface area (Å²) in [6, 6.07) is 0.380. The van der Waals surface area contributed by atoms with Crippen LogP contribution in [-0.2, 0) is 13.0 Å². The van der Waals surface area contributed by atoms with Gasteiger partial charge >= 0.3 is 8.56 Å². The number of carbonyl (C=O) groups excluding carboxylic acids is 1. The van der Waals surface area contributed by atoms with E-state index in [-0.39, 0.29) is 5.78 Å². The Morgan fingerprint density at radius 3 is 1.59 bits per heavy atom. The fourth-order valence-corrected chi connectivity index (χ4v) is 14.0. The minimum atomic E-state index is -2.40. The van der Waals surface area contributed by atoms with Gasteiger partial charge in [-0.2, -0.15) is 0 Å². The molecule has 0 amide bonds. The Labute approximate surface area is 109 Å². The molecule has 0 aromatic carbocycles. The van der Waals surface area contributed by atoms with Gasteiger partial charge < -0.3 is 8.23 Å². The van der Waals surface area contributed by atoms with Crippen LogP contribution in [0.1, 0.15) is 0 Å². The molecule has 0 heterocycles. The molecule has 0 radical (unpaired) electrons. The highest BCUT2D eigenvalue weighted by molar-refractivity contribution is 6.88. The van der Waals surface area contributed by atoms with Crippen LogP contribution in [0.3, 0.4) is 0 Å². The van der Waals surface area contributed by atoms with Crippen molar-refractivity contribution in [1.82, 2.24) is 0 Å². The molecule has 0 saturated heterocycles. The molecule has 0 bridgehead atoms. The predicted molar refractivity (Wildman–Crippen MR) is 80.5 cm³/mol. The molecule has 0 rings (SSSR count). The number of ketones is 1. The molecule has 17 heavy (non-hydrogen) atoms. The lowest BCUT2D eigenvalue weighted by molar-refractivity contribution is -0.112. The summed E-state index contributed by atoms with van der Waals surface area (Å²) in [7, 11) is -5.80. The van der Waals surface area contributed by atoms with Crippen LogP contribution in [0.5, 0.6) is 0 Å². The van der Waals surface area contributed by atoms with E-state index < -0.39 is 25.2 Å². The molecule has 0 aliphatic carbocycles. The van der Waals surface area contributed by atoms with Gasteiger partial charge in [-0.05, 0) is 51.9 Å². The normalized spacial score (nSPS) is 13.6. The molecule has 0 aromatic heterocycles. The van der Waals surface area contributed by atoms with Crippen molar-refractivity contribution in [3.63, 3.8) is 0 Å². The van der Waals surface area contributed by atoms with E-state index in [1.165, 1.54) is 6.08 Å². The third-order valence-corrected chi connectivity index (χ3v) is 11.1. The van der Waals surface area contributed by atoms with Crippen LogP contribution in [0.4, 0.5) is 0 Å². The molecule has 0 spiro atoms. The minimum Gasteiger partial charge on any atom is -0.436 e. The lowest BCUT2D eigenvalue weighted by atomic mass is 10.5. The summed E-state index contributed by atoms with van der Waals surface area (Å²) < 4.78 is 12.4. The molecular formula is C11H26O3Si3. The number of hydrogen-bond donors (Lipinski definition) is 0. The van der Waals surface area contributed by atoms with Gasteiger partial charge in [0.15, 0.2) is 22.4 Å². The maximum absolute atomic E-state index is 11.6. The van der Waals surface area contributed by atoms with Gasteiger partial charge in [0.1, 0.15) is 0 Å². The predicted octanol–water partition coefficient (Wildman–Crippen LogP) is 3.52. The van der Waals surface area contributed by atoms with Gasteiger partial charge in [-0.25, -0.2) is 0 Å². The summed E-state index contributed by atoms with van der Waals surface area (Å²) in [5, 5.41) is 0. The van der Waals surface area contributed by atoms with Crippen LogP contribution in [0.15, 0.2) is 12.7 Å². The second-order valence-electron chi connectivity index (χ2n) is 6.41. The molecule has 0 saturated carbocycles. The van der Waals surface area contributed by atoms with E-state index in [0.29, 0.717) is 6.04 Å². The van der Waals surface area contributed by atoms with E-state index in [0.717, 1.165) is 0 Å². The van der Waals surface area contributed by atoms with Crippen molar-refractivity contribution in [1.29, 1.82) is 0 Å². The van der Waals surface area contributed by atoms with Gasteiger partial charge in [0, 0.05) is 0 Å². The first-order valence-electron chi connectivity index (χ1n) is 5.92. The Hall–Kier alpha value is -0.0194. The fraction of sp³-hybridized carbons (Fsp3) is 0.727. The zero-order chi connectivity index (χ0) is 13.9. The Morgan fingerprint density at radius 1 is 1.00 bits per heavy atom. The van der Waals surface area contributed by atoms with Gasteiger partial charge in [-0.3, -0.25) is 4.79 Å². The lowest BCUT2D eigenvalue weighted by Gasteiger charge is -2.37.